The molecule has 0 saturated carbocycles. The molecule has 2 unspecified atom stereocenters. The van der Waals surface area contributed by atoms with E-state index in [4.69, 9.17) is 9.84 Å². The van der Waals surface area contributed by atoms with Gasteiger partial charge in [0.2, 0.25) is 0 Å². The Balaban J connectivity index is 2.27. The zero-order chi connectivity index (χ0) is 14.0. The average molecular weight is 279 g/mol. The van der Waals surface area contributed by atoms with Crippen LogP contribution in [0.15, 0.2) is 18.2 Å². The Kier molecular flexibility index (Phi) is 4.04. The lowest BCUT2D eigenvalue weighted by Gasteiger charge is -2.09. The minimum atomic E-state index is -0.968. The highest BCUT2D eigenvalue weighted by atomic mass is 32.1. The molecule has 2 atom stereocenters. The van der Waals surface area contributed by atoms with E-state index in [1.54, 1.807) is 17.4 Å². The highest BCUT2D eigenvalue weighted by Gasteiger charge is 2.14. The van der Waals surface area contributed by atoms with Crippen molar-refractivity contribution in [2.45, 2.75) is 39.2 Å². The fourth-order valence-electron chi connectivity index (χ4n) is 1.64. The number of thiazole rings is 1. The van der Waals surface area contributed by atoms with Gasteiger partial charge >= 0.3 is 5.97 Å². The Bertz CT molecular complexity index is 593. The fraction of sp³-hybridized carbons (Fsp3) is 0.429. The van der Waals surface area contributed by atoms with Gasteiger partial charge in [-0.1, -0.05) is 13.8 Å². The lowest BCUT2D eigenvalue weighted by molar-refractivity contribution is -0.144. The van der Waals surface area contributed by atoms with E-state index < -0.39 is 12.1 Å². The number of benzene rings is 1. The van der Waals surface area contributed by atoms with Crippen LogP contribution in [-0.4, -0.2) is 22.2 Å². The third-order valence-corrected chi connectivity index (χ3v) is 4.32. The first-order valence-corrected chi connectivity index (χ1v) is 7.12. The van der Waals surface area contributed by atoms with Gasteiger partial charge in [0.25, 0.3) is 0 Å². The zero-order valence-electron chi connectivity index (χ0n) is 11.2. The predicted octanol–water partition coefficient (Wildman–Crippen LogP) is 3.66. The molecule has 0 aliphatic heterocycles. The molecular formula is C14H17NO3S. The average Bonchev–Trinajstić information content (AvgIpc) is 2.80. The smallest absolute Gasteiger partial charge is 0.344 e. The minimum Gasteiger partial charge on any atom is -0.479 e. The largest absolute Gasteiger partial charge is 0.479 e. The SMILES string of the molecule is CCC(C)c1nc2ccc(OC(C)C(=O)O)cc2s1. The van der Waals surface area contributed by atoms with Gasteiger partial charge in [0, 0.05) is 5.92 Å². The molecule has 0 aliphatic rings. The minimum absolute atomic E-state index is 0.444. The maximum atomic E-state index is 10.8. The van der Waals surface area contributed by atoms with Crippen LogP contribution in [0.25, 0.3) is 10.2 Å². The molecule has 0 aliphatic carbocycles. The maximum absolute atomic E-state index is 10.8. The van der Waals surface area contributed by atoms with Crippen molar-refractivity contribution >= 4 is 27.5 Å². The predicted molar refractivity (Wildman–Crippen MR) is 76.1 cm³/mol. The zero-order valence-corrected chi connectivity index (χ0v) is 12.0. The third kappa shape index (κ3) is 3.04. The maximum Gasteiger partial charge on any atom is 0.344 e. The van der Waals surface area contributed by atoms with E-state index in [1.165, 1.54) is 6.92 Å². The molecule has 1 aromatic heterocycles. The van der Waals surface area contributed by atoms with E-state index in [0.29, 0.717) is 11.7 Å². The van der Waals surface area contributed by atoms with Crippen molar-refractivity contribution in [1.29, 1.82) is 0 Å². The number of carboxylic acid groups (broad SMARTS) is 1. The molecule has 1 heterocycles. The van der Waals surface area contributed by atoms with E-state index in [2.05, 4.69) is 18.8 Å². The van der Waals surface area contributed by atoms with Gasteiger partial charge < -0.3 is 9.84 Å². The van der Waals surface area contributed by atoms with Crippen molar-refractivity contribution in [1.82, 2.24) is 4.98 Å². The van der Waals surface area contributed by atoms with Crippen LogP contribution in [0, 0.1) is 0 Å². The van der Waals surface area contributed by atoms with Crippen LogP contribution in [0.2, 0.25) is 0 Å². The Hall–Kier alpha value is -1.62. The van der Waals surface area contributed by atoms with Crippen LogP contribution >= 0.6 is 11.3 Å². The summed E-state index contributed by atoms with van der Waals surface area (Å²) in [6, 6.07) is 5.50. The van der Waals surface area contributed by atoms with Crippen molar-refractivity contribution in [2.24, 2.45) is 0 Å². The molecule has 2 rings (SSSR count). The molecule has 19 heavy (non-hydrogen) atoms. The lowest BCUT2D eigenvalue weighted by atomic mass is 10.1. The van der Waals surface area contributed by atoms with Crippen molar-refractivity contribution in [3.8, 4) is 5.75 Å². The Morgan fingerprint density at radius 1 is 1.47 bits per heavy atom. The number of aromatic nitrogens is 1. The third-order valence-electron chi connectivity index (χ3n) is 3.07. The number of rotatable bonds is 5. The number of ether oxygens (including phenoxy) is 1. The molecule has 0 fully saturated rings. The van der Waals surface area contributed by atoms with Crippen molar-refractivity contribution in [2.75, 3.05) is 0 Å². The second-order valence-corrected chi connectivity index (χ2v) is 5.65. The number of fused-ring (bicyclic) bond motifs is 1. The molecule has 0 radical (unpaired) electrons. The summed E-state index contributed by atoms with van der Waals surface area (Å²) in [5, 5.41) is 9.94. The monoisotopic (exact) mass is 279 g/mol. The van der Waals surface area contributed by atoms with Crippen LogP contribution in [0.4, 0.5) is 0 Å². The summed E-state index contributed by atoms with van der Waals surface area (Å²) in [6.07, 6.45) is 0.207. The van der Waals surface area contributed by atoms with Gasteiger partial charge in [-0.25, -0.2) is 9.78 Å². The van der Waals surface area contributed by atoms with E-state index in [-0.39, 0.29) is 0 Å². The second kappa shape index (κ2) is 5.57. The highest BCUT2D eigenvalue weighted by molar-refractivity contribution is 7.18. The summed E-state index contributed by atoms with van der Waals surface area (Å²) in [5.41, 5.74) is 0.940. The first-order valence-electron chi connectivity index (χ1n) is 6.31. The standard InChI is InChI=1S/C14H17NO3S/c1-4-8(2)13-15-11-6-5-10(7-12(11)19-13)18-9(3)14(16)17/h5-9H,4H2,1-3H3,(H,16,17). The van der Waals surface area contributed by atoms with Gasteiger partial charge in [-0.3, -0.25) is 0 Å². The molecule has 0 amide bonds. The number of aliphatic carboxylic acids is 1. The molecule has 0 bridgehead atoms. The molecule has 0 spiro atoms. The number of hydrogen-bond donors (Lipinski definition) is 1. The number of carboxylic acids is 1. The molecule has 0 saturated heterocycles. The summed E-state index contributed by atoms with van der Waals surface area (Å²) in [5.74, 6) is 0.0474. The van der Waals surface area contributed by atoms with Crippen LogP contribution in [0.5, 0.6) is 5.75 Å². The lowest BCUT2D eigenvalue weighted by Crippen LogP contribution is -2.22. The quantitative estimate of drug-likeness (QED) is 0.907. The van der Waals surface area contributed by atoms with E-state index in [9.17, 15) is 4.79 Å². The van der Waals surface area contributed by atoms with Gasteiger partial charge in [-0.05, 0) is 31.5 Å². The van der Waals surface area contributed by atoms with Gasteiger partial charge in [-0.15, -0.1) is 11.3 Å². The number of carbonyl (C=O) groups is 1. The Labute approximate surface area is 116 Å². The van der Waals surface area contributed by atoms with E-state index in [0.717, 1.165) is 21.6 Å². The van der Waals surface area contributed by atoms with E-state index in [1.807, 2.05) is 12.1 Å². The van der Waals surface area contributed by atoms with Gasteiger partial charge in [0.1, 0.15) is 5.75 Å². The van der Waals surface area contributed by atoms with Crippen LogP contribution in [0.1, 0.15) is 38.1 Å². The first-order chi connectivity index (χ1) is 9.01. The second-order valence-electron chi connectivity index (χ2n) is 4.59. The summed E-state index contributed by atoms with van der Waals surface area (Å²) in [4.78, 5) is 15.4. The fourth-order valence-corrected chi connectivity index (χ4v) is 2.77. The number of hydrogen-bond acceptors (Lipinski definition) is 4. The number of nitrogens with zero attached hydrogens (tertiary/aromatic N) is 1. The molecule has 1 aromatic carbocycles. The van der Waals surface area contributed by atoms with E-state index >= 15 is 0 Å². The summed E-state index contributed by atoms with van der Waals surface area (Å²) >= 11 is 1.64. The molecule has 4 nitrogen and oxygen atoms in total. The van der Waals surface area contributed by atoms with Gasteiger partial charge in [0.15, 0.2) is 6.10 Å². The van der Waals surface area contributed by atoms with Gasteiger partial charge in [0.05, 0.1) is 15.2 Å². The highest BCUT2D eigenvalue weighted by Crippen LogP contribution is 2.31. The molecule has 102 valence electrons. The van der Waals surface area contributed by atoms with Crippen molar-refractivity contribution in [3.05, 3.63) is 23.2 Å². The topological polar surface area (TPSA) is 59.4 Å². The van der Waals surface area contributed by atoms with Gasteiger partial charge in [-0.2, -0.15) is 0 Å². The molecule has 2 aromatic rings. The normalized spacial score (nSPS) is 14.3. The van der Waals surface area contributed by atoms with Crippen molar-refractivity contribution in [3.63, 3.8) is 0 Å². The van der Waals surface area contributed by atoms with Crippen LogP contribution in [0.3, 0.4) is 0 Å². The van der Waals surface area contributed by atoms with Crippen LogP contribution < -0.4 is 4.74 Å². The summed E-state index contributed by atoms with van der Waals surface area (Å²) in [7, 11) is 0. The first kappa shape index (κ1) is 13.8. The van der Waals surface area contributed by atoms with Crippen LogP contribution in [-0.2, 0) is 4.79 Å². The summed E-state index contributed by atoms with van der Waals surface area (Å²) in [6.45, 7) is 5.81. The Morgan fingerprint density at radius 3 is 2.84 bits per heavy atom. The van der Waals surface area contributed by atoms with Crippen molar-refractivity contribution < 1.29 is 14.6 Å². The molecule has 1 N–H and O–H groups in total. The Morgan fingerprint density at radius 2 is 2.21 bits per heavy atom. The molecular weight excluding hydrogens is 262 g/mol. The summed E-state index contributed by atoms with van der Waals surface area (Å²) < 4.78 is 6.39. The molecule has 5 heteroatoms.